The first-order valence-corrected chi connectivity index (χ1v) is 10.5. The third-order valence-corrected chi connectivity index (χ3v) is 6.36. The van der Waals surface area contributed by atoms with Gasteiger partial charge in [-0.2, -0.15) is 5.10 Å². The lowest BCUT2D eigenvalue weighted by atomic mass is 9.82. The van der Waals surface area contributed by atoms with Crippen LogP contribution in [-0.2, 0) is 16.1 Å². The number of carboxylic acid groups (broad SMARTS) is 1. The van der Waals surface area contributed by atoms with Crippen molar-refractivity contribution >= 4 is 11.9 Å². The van der Waals surface area contributed by atoms with E-state index >= 15 is 0 Å². The van der Waals surface area contributed by atoms with Gasteiger partial charge in [-0.05, 0) is 30.4 Å². The molecule has 0 spiro atoms. The summed E-state index contributed by atoms with van der Waals surface area (Å²) >= 11 is 0. The van der Waals surface area contributed by atoms with Crippen molar-refractivity contribution in [2.24, 2.45) is 23.7 Å². The minimum absolute atomic E-state index is 0.00624. The van der Waals surface area contributed by atoms with Crippen LogP contribution in [0.25, 0.3) is 16.9 Å². The predicted octanol–water partition coefficient (Wildman–Crippen LogP) is 3.68. The molecule has 31 heavy (non-hydrogen) atoms. The maximum atomic E-state index is 13.0. The number of benzene rings is 2. The SMILES string of the molecule is O=C(O)C1C2C=CC(C2)C1C(=O)NCc1cn(-c2ccccc2)nc1-c1ccccc1. The van der Waals surface area contributed by atoms with Gasteiger partial charge in [0.1, 0.15) is 0 Å². The van der Waals surface area contributed by atoms with Crippen LogP contribution >= 0.6 is 0 Å². The Morgan fingerprint density at radius 2 is 1.61 bits per heavy atom. The van der Waals surface area contributed by atoms with Crippen molar-refractivity contribution in [1.82, 2.24) is 15.1 Å². The normalized spacial score (nSPS) is 23.7. The molecule has 2 aromatic carbocycles. The average Bonchev–Trinajstić information content (AvgIpc) is 3.53. The minimum Gasteiger partial charge on any atom is -0.481 e. The fourth-order valence-corrected chi connectivity index (χ4v) is 4.91. The second kappa shape index (κ2) is 7.87. The monoisotopic (exact) mass is 413 g/mol. The number of carbonyl (C=O) groups excluding carboxylic acids is 1. The molecule has 156 valence electrons. The Morgan fingerprint density at radius 3 is 2.29 bits per heavy atom. The average molecular weight is 413 g/mol. The summed E-state index contributed by atoms with van der Waals surface area (Å²) in [4.78, 5) is 24.8. The van der Waals surface area contributed by atoms with Gasteiger partial charge in [-0.15, -0.1) is 0 Å². The molecular weight excluding hydrogens is 390 g/mol. The Bertz CT molecular complexity index is 1140. The van der Waals surface area contributed by atoms with Gasteiger partial charge < -0.3 is 10.4 Å². The van der Waals surface area contributed by atoms with E-state index < -0.39 is 17.8 Å². The molecule has 3 aromatic rings. The van der Waals surface area contributed by atoms with Crippen molar-refractivity contribution < 1.29 is 14.7 Å². The summed E-state index contributed by atoms with van der Waals surface area (Å²) < 4.78 is 1.81. The molecule has 5 rings (SSSR count). The molecule has 0 aliphatic heterocycles. The second-order valence-electron chi connectivity index (χ2n) is 8.21. The quantitative estimate of drug-likeness (QED) is 0.604. The van der Waals surface area contributed by atoms with Gasteiger partial charge in [0.15, 0.2) is 0 Å². The molecule has 0 saturated heterocycles. The lowest BCUT2D eigenvalue weighted by Crippen LogP contribution is -2.39. The number of allylic oxidation sites excluding steroid dienone is 2. The van der Waals surface area contributed by atoms with E-state index in [1.54, 1.807) is 0 Å². The number of para-hydroxylation sites is 1. The first kappa shape index (κ1) is 19.3. The van der Waals surface area contributed by atoms with Gasteiger partial charge in [0, 0.05) is 23.9 Å². The largest absolute Gasteiger partial charge is 0.481 e. The number of aromatic nitrogens is 2. The van der Waals surface area contributed by atoms with Crippen LogP contribution < -0.4 is 5.32 Å². The summed E-state index contributed by atoms with van der Waals surface area (Å²) in [6.45, 7) is 0.292. The van der Waals surface area contributed by atoms with Gasteiger partial charge in [-0.25, -0.2) is 4.68 Å². The number of aliphatic carboxylic acids is 1. The second-order valence-corrected chi connectivity index (χ2v) is 8.21. The molecule has 2 bridgehead atoms. The fourth-order valence-electron chi connectivity index (χ4n) is 4.91. The first-order valence-electron chi connectivity index (χ1n) is 10.5. The highest BCUT2D eigenvalue weighted by atomic mass is 16.4. The third-order valence-electron chi connectivity index (χ3n) is 6.36. The summed E-state index contributed by atoms with van der Waals surface area (Å²) in [5.41, 5.74) is 3.58. The van der Waals surface area contributed by atoms with E-state index in [1.807, 2.05) is 83.7 Å². The van der Waals surface area contributed by atoms with Crippen LogP contribution in [0.4, 0.5) is 0 Å². The molecule has 6 heteroatoms. The molecule has 4 atom stereocenters. The number of nitrogens with zero attached hydrogens (tertiary/aromatic N) is 2. The number of hydrogen-bond acceptors (Lipinski definition) is 3. The zero-order valence-electron chi connectivity index (χ0n) is 16.9. The van der Waals surface area contributed by atoms with Gasteiger partial charge >= 0.3 is 5.97 Å². The van der Waals surface area contributed by atoms with E-state index in [-0.39, 0.29) is 17.7 Å². The number of rotatable bonds is 6. The summed E-state index contributed by atoms with van der Waals surface area (Å²) in [5, 5.41) is 17.4. The molecule has 1 fully saturated rings. The van der Waals surface area contributed by atoms with Crippen molar-refractivity contribution in [3.8, 4) is 16.9 Å². The highest BCUT2D eigenvalue weighted by Gasteiger charge is 2.51. The van der Waals surface area contributed by atoms with Crippen molar-refractivity contribution in [2.75, 3.05) is 0 Å². The third kappa shape index (κ3) is 3.54. The Labute approximate surface area is 180 Å². The Hall–Kier alpha value is -3.67. The highest BCUT2D eigenvalue weighted by Crippen LogP contribution is 2.48. The van der Waals surface area contributed by atoms with Gasteiger partial charge in [-0.3, -0.25) is 9.59 Å². The number of carbonyl (C=O) groups is 2. The molecule has 1 heterocycles. The van der Waals surface area contributed by atoms with Gasteiger partial charge in [0.2, 0.25) is 5.91 Å². The molecule has 2 N–H and O–H groups in total. The molecular formula is C25H23N3O3. The molecule has 1 saturated carbocycles. The predicted molar refractivity (Wildman–Crippen MR) is 116 cm³/mol. The zero-order valence-corrected chi connectivity index (χ0v) is 16.9. The number of nitrogens with one attached hydrogen (secondary N) is 1. The van der Waals surface area contributed by atoms with Crippen LogP contribution in [0.1, 0.15) is 12.0 Å². The lowest BCUT2D eigenvalue weighted by Gasteiger charge is -2.23. The van der Waals surface area contributed by atoms with Crippen LogP contribution in [-0.4, -0.2) is 26.8 Å². The zero-order chi connectivity index (χ0) is 21.4. The summed E-state index contributed by atoms with van der Waals surface area (Å²) in [6, 6.07) is 19.7. The maximum absolute atomic E-state index is 13.0. The van der Waals surface area contributed by atoms with Crippen LogP contribution in [0, 0.1) is 23.7 Å². The molecule has 1 aromatic heterocycles. The lowest BCUT2D eigenvalue weighted by molar-refractivity contribution is -0.147. The fraction of sp³-hybridized carbons (Fsp3) is 0.240. The van der Waals surface area contributed by atoms with Crippen LogP contribution in [0.5, 0.6) is 0 Å². The van der Waals surface area contributed by atoms with E-state index in [1.165, 1.54) is 0 Å². The Balaban J connectivity index is 1.41. The molecule has 0 radical (unpaired) electrons. The van der Waals surface area contributed by atoms with Crippen molar-refractivity contribution in [2.45, 2.75) is 13.0 Å². The van der Waals surface area contributed by atoms with E-state index in [9.17, 15) is 14.7 Å². The highest BCUT2D eigenvalue weighted by molar-refractivity contribution is 5.87. The summed E-state index contributed by atoms with van der Waals surface area (Å²) in [6.07, 6.45) is 6.62. The molecule has 2 aliphatic rings. The molecule has 1 amide bonds. The van der Waals surface area contributed by atoms with Gasteiger partial charge in [0.05, 0.1) is 23.2 Å². The van der Waals surface area contributed by atoms with Crippen molar-refractivity contribution in [1.29, 1.82) is 0 Å². The van der Waals surface area contributed by atoms with E-state index in [2.05, 4.69) is 5.32 Å². The molecule has 2 aliphatic carbocycles. The first-order chi connectivity index (χ1) is 15.1. The van der Waals surface area contributed by atoms with Crippen molar-refractivity contribution in [3.63, 3.8) is 0 Å². The minimum atomic E-state index is -0.890. The van der Waals surface area contributed by atoms with E-state index in [4.69, 9.17) is 5.10 Å². The Morgan fingerprint density at radius 1 is 0.968 bits per heavy atom. The van der Waals surface area contributed by atoms with Gasteiger partial charge in [0.25, 0.3) is 0 Å². The number of fused-ring (bicyclic) bond motifs is 2. The summed E-state index contributed by atoms with van der Waals surface area (Å²) in [7, 11) is 0. The standard InChI is InChI=1S/C25H23N3O3/c29-24(21-17-11-12-18(13-17)22(21)25(30)31)26-14-19-15-28(20-9-5-2-6-10-20)27-23(19)16-7-3-1-4-8-16/h1-12,15,17-18,21-22H,13-14H2,(H,26,29)(H,30,31). The molecule has 4 unspecified atom stereocenters. The molecule has 6 nitrogen and oxygen atoms in total. The van der Waals surface area contributed by atoms with Crippen LogP contribution in [0.2, 0.25) is 0 Å². The van der Waals surface area contributed by atoms with Crippen LogP contribution in [0.3, 0.4) is 0 Å². The van der Waals surface area contributed by atoms with Gasteiger partial charge in [-0.1, -0.05) is 60.7 Å². The van der Waals surface area contributed by atoms with E-state index in [0.29, 0.717) is 6.54 Å². The summed E-state index contributed by atoms with van der Waals surface area (Å²) in [5.74, 6) is -2.28. The number of hydrogen-bond donors (Lipinski definition) is 2. The number of carboxylic acids is 1. The van der Waals surface area contributed by atoms with Crippen LogP contribution in [0.15, 0.2) is 79.0 Å². The number of amides is 1. The maximum Gasteiger partial charge on any atom is 0.307 e. The smallest absolute Gasteiger partial charge is 0.307 e. The Kier molecular flexibility index (Phi) is 4.90. The van der Waals surface area contributed by atoms with E-state index in [0.717, 1.165) is 28.9 Å². The topological polar surface area (TPSA) is 84.2 Å². The van der Waals surface area contributed by atoms with Crippen molar-refractivity contribution in [3.05, 3.63) is 84.6 Å².